The first-order valence-corrected chi connectivity index (χ1v) is 4.08. The lowest BCUT2D eigenvalue weighted by Crippen LogP contribution is -2.09. The minimum Gasteiger partial charge on any atom is -0.481 e. The summed E-state index contributed by atoms with van der Waals surface area (Å²) in [5.41, 5.74) is 1.36. The van der Waals surface area contributed by atoms with Crippen LogP contribution in [0.15, 0.2) is 24.3 Å². The van der Waals surface area contributed by atoms with Crippen LogP contribution in [-0.2, 0) is 11.4 Å². The number of aliphatic hydroxyl groups excluding tert-OH is 1. The molecule has 0 bridgehead atoms. The molecule has 70 valence electrons. The molecule has 1 aromatic rings. The summed E-state index contributed by atoms with van der Waals surface area (Å²) in [4.78, 5) is 10.7. The molecule has 0 aliphatic carbocycles. The minimum atomic E-state index is -0.874. The number of hydrogen-bond acceptors (Lipinski definition) is 2. The van der Waals surface area contributed by atoms with E-state index in [2.05, 4.69) is 0 Å². The summed E-state index contributed by atoms with van der Waals surface area (Å²) < 4.78 is 0. The molecular formula is C10H12O3. The van der Waals surface area contributed by atoms with Gasteiger partial charge in [-0.2, -0.15) is 0 Å². The number of benzene rings is 1. The maximum atomic E-state index is 10.7. The Labute approximate surface area is 76.6 Å². The van der Waals surface area contributed by atoms with Gasteiger partial charge in [-0.3, -0.25) is 4.79 Å². The van der Waals surface area contributed by atoms with E-state index in [0.29, 0.717) is 11.1 Å². The van der Waals surface area contributed by atoms with Crippen LogP contribution < -0.4 is 0 Å². The van der Waals surface area contributed by atoms with Crippen LogP contribution in [0.1, 0.15) is 24.0 Å². The highest BCUT2D eigenvalue weighted by atomic mass is 16.4. The van der Waals surface area contributed by atoms with Gasteiger partial charge in [-0.15, -0.1) is 0 Å². The molecule has 0 aromatic heterocycles. The number of carboxylic acids is 1. The fourth-order valence-electron chi connectivity index (χ4n) is 1.23. The van der Waals surface area contributed by atoms with Crippen LogP contribution in [0.25, 0.3) is 0 Å². The molecule has 13 heavy (non-hydrogen) atoms. The maximum Gasteiger partial charge on any atom is 0.310 e. The highest BCUT2D eigenvalue weighted by molar-refractivity contribution is 5.76. The molecule has 0 saturated heterocycles. The van der Waals surface area contributed by atoms with Crippen LogP contribution in [0.5, 0.6) is 0 Å². The number of carboxylic acid groups (broad SMARTS) is 1. The number of aliphatic hydroxyl groups is 1. The highest BCUT2D eigenvalue weighted by Gasteiger charge is 2.15. The zero-order valence-corrected chi connectivity index (χ0v) is 7.40. The summed E-state index contributed by atoms with van der Waals surface area (Å²) in [7, 11) is 0. The largest absolute Gasteiger partial charge is 0.481 e. The second-order valence-electron chi connectivity index (χ2n) is 2.92. The molecule has 3 nitrogen and oxygen atoms in total. The smallest absolute Gasteiger partial charge is 0.310 e. The zero-order chi connectivity index (χ0) is 9.84. The van der Waals surface area contributed by atoms with E-state index >= 15 is 0 Å². The number of rotatable bonds is 3. The van der Waals surface area contributed by atoms with Crippen LogP contribution in [0, 0.1) is 0 Å². The van der Waals surface area contributed by atoms with Crippen molar-refractivity contribution in [2.75, 3.05) is 0 Å². The highest BCUT2D eigenvalue weighted by Crippen LogP contribution is 2.19. The molecule has 1 unspecified atom stereocenters. The normalized spacial score (nSPS) is 12.5. The van der Waals surface area contributed by atoms with Gasteiger partial charge in [-0.25, -0.2) is 0 Å². The Hall–Kier alpha value is -1.35. The van der Waals surface area contributed by atoms with Gasteiger partial charge in [0.15, 0.2) is 0 Å². The molecule has 1 atom stereocenters. The summed E-state index contributed by atoms with van der Waals surface area (Å²) in [6, 6.07) is 7.01. The van der Waals surface area contributed by atoms with Gasteiger partial charge in [0.25, 0.3) is 0 Å². The third kappa shape index (κ3) is 2.06. The summed E-state index contributed by atoms with van der Waals surface area (Å²) in [6.45, 7) is 1.49. The van der Waals surface area contributed by atoms with Gasteiger partial charge < -0.3 is 10.2 Å². The predicted molar refractivity (Wildman–Crippen MR) is 48.4 cm³/mol. The van der Waals surface area contributed by atoms with Crippen LogP contribution in [0.4, 0.5) is 0 Å². The molecule has 0 aliphatic rings. The van der Waals surface area contributed by atoms with Crippen LogP contribution >= 0.6 is 0 Å². The SMILES string of the molecule is CC(C(=O)O)c1ccccc1CO. The maximum absolute atomic E-state index is 10.7. The van der Waals surface area contributed by atoms with Crippen molar-refractivity contribution in [2.24, 2.45) is 0 Å². The standard InChI is InChI=1S/C10H12O3/c1-7(10(12)13)9-5-3-2-4-8(9)6-11/h2-5,7,11H,6H2,1H3,(H,12,13). The molecule has 0 aliphatic heterocycles. The average molecular weight is 180 g/mol. The molecular weight excluding hydrogens is 168 g/mol. The van der Waals surface area contributed by atoms with Crippen LogP contribution in [0.2, 0.25) is 0 Å². The second kappa shape index (κ2) is 4.05. The summed E-state index contributed by atoms with van der Waals surface area (Å²) in [5.74, 6) is -1.44. The van der Waals surface area contributed by atoms with E-state index in [0.717, 1.165) is 0 Å². The molecule has 0 radical (unpaired) electrons. The molecule has 1 aromatic carbocycles. The lowest BCUT2D eigenvalue weighted by Gasteiger charge is -2.10. The van der Waals surface area contributed by atoms with E-state index < -0.39 is 11.9 Å². The lowest BCUT2D eigenvalue weighted by molar-refractivity contribution is -0.138. The molecule has 0 saturated carbocycles. The zero-order valence-electron chi connectivity index (χ0n) is 7.40. The molecule has 0 amide bonds. The van der Waals surface area contributed by atoms with Crippen molar-refractivity contribution < 1.29 is 15.0 Å². The molecule has 0 fully saturated rings. The molecule has 2 N–H and O–H groups in total. The van der Waals surface area contributed by atoms with E-state index in [1.807, 2.05) is 0 Å². The van der Waals surface area contributed by atoms with Gasteiger partial charge in [0.05, 0.1) is 12.5 Å². The van der Waals surface area contributed by atoms with Gasteiger partial charge in [0.2, 0.25) is 0 Å². The first-order valence-electron chi connectivity index (χ1n) is 4.08. The van der Waals surface area contributed by atoms with Gasteiger partial charge in [0.1, 0.15) is 0 Å². The molecule has 0 spiro atoms. The number of carbonyl (C=O) groups is 1. The minimum absolute atomic E-state index is 0.117. The Morgan fingerprint density at radius 1 is 1.46 bits per heavy atom. The van der Waals surface area contributed by atoms with E-state index in [9.17, 15) is 4.79 Å². The summed E-state index contributed by atoms with van der Waals surface area (Å²) in [5, 5.41) is 17.7. The first kappa shape index (κ1) is 9.74. The topological polar surface area (TPSA) is 57.5 Å². The Kier molecular flexibility index (Phi) is 3.03. The van der Waals surface area contributed by atoms with E-state index in [4.69, 9.17) is 10.2 Å². The lowest BCUT2D eigenvalue weighted by atomic mass is 9.96. The van der Waals surface area contributed by atoms with Crippen molar-refractivity contribution in [3.8, 4) is 0 Å². The van der Waals surface area contributed by atoms with Gasteiger partial charge in [0, 0.05) is 0 Å². The van der Waals surface area contributed by atoms with Crippen LogP contribution in [-0.4, -0.2) is 16.2 Å². The van der Waals surface area contributed by atoms with Crippen LogP contribution in [0.3, 0.4) is 0 Å². The predicted octanol–water partition coefficient (Wildman–Crippen LogP) is 1.37. The van der Waals surface area contributed by atoms with Gasteiger partial charge in [-0.05, 0) is 18.1 Å². The van der Waals surface area contributed by atoms with Gasteiger partial charge in [-0.1, -0.05) is 24.3 Å². The fraction of sp³-hybridized carbons (Fsp3) is 0.300. The van der Waals surface area contributed by atoms with Gasteiger partial charge >= 0.3 is 5.97 Å². The Morgan fingerprint density at radius 2 is 2.08 bits per heavy atom. The van der Waals surface area contributed by atoms with E-state index in [1.165, 1.54) is 0 Å². The number of hydrogen-bond donors (Lipinski definition) is 2. The second-order valence-corrected chi connectivity index (χ2v) is 2.92. The van der Waals surface area contributed by atoms with Crippen molar-refractivity contribution in [1.82, 2.24) is 0 Å². The molecule has 0 heterocycles. The average Bonchev–Trinajstić information content (AvgIpc) is 2.16. The monoisotopic (exact) mass is 180 g/mol. The molecule has 3 heteroatoms. The quantitative estimate of drug-likeness (QED) is 0.738. The van der Waals surface area contributed by atoms with Crippen molar-refractivity contribution in [3.63, 3.8) is 0 Å². The first-order chi connectivity index (χ1) is 6.16. The third-order valence-electron chi connectivity index (χ3n) is 2.06. The van der Waals surface area contributed by atoms with Crippen molar-refractivity contribution in [2.45, 2.75) is 19.4 Å². The Balaban J connectivity index is 3.05. The molecule has 1 rings (SSSR count). The fourth-order valence-corrected chi connectivity index (χ4v) is 1.23. The summed E-state index contributed by atoms with van der Waals surface area (Å²) >= 11 is 0. The van der Waals surface area contributed by atoms with Crippen molar-refractivity contribution in [1.29, 1.82) is 0 Å². The Morgan fingerprint density at radius 3 is 2.62 bits per heavy atom. The number of aliphatic carboxylic acids is 1. The Bertz CT molecular complexity index is 307. The van der Waals surface area contributed by atoms with Crippen molar-refractivity contribution >= 4 is 5.97 Å². The van der Waals surface area contributed by atoms with E-state index in [1.54, 1.807) is 31.2 Å². The van der Waals surface area contributed by atoms with Crippen molar-refractivity contribution in [3.05, 3.63) is 35.4 Å². The van der Waals surface area contributed by atoms with E-state index in [-0.39, 0.29) is 6.61 Å². The third-order valence-corrected chi connectivity index (χ3v) is 2.06. The summed E-state index contributed by atoms with van der Waals surface area (Å²) in [6.07, 6.45) is 0.